The van der Waals surface area contributed by atoms with E-state index in [-0.39, 0.29) is 18.2 Å². The summed E-state index contributed by atoms with van der Waals surface area (Å²) in [5.74, 6) is -0.620. The summed E-state index contributed by atoms with van der Waals surface area (Å²) in [6, 6.07) is 6.89. The fourth-order valence-electron chi connectivity index (χ4n) is 3.59. The maximum Gasteiger partial charge on any atom is 0.196 e. The second-order valence-corrected chi connectivity index (χ2v) is 7.26. The molecule has 0 spiro atoms. The van der Waals surface area contributed by atoms with Crippen molar-refractivity contribution in [3.05, 3.63) is 71.7 Å². The third kappa shape index (κ3) is 5.21. The molecule has 9 heteroatoms. The van der Waals surface area contributed by atoms with E-state index in [4.69, 9.17) is 0 Å². The van der Waals surface area contributed by atoms with Crippen LogP contribution >= 0.6 is 12.4 Å². The van der Waals surface area contributed by atoms with Crippen LogP contribution < -0.4 is 4.90 Å². The molecule has 1 saturated heterocycles. The molecule has 1 fully saturated rings. The van der Waals surface area contributed by atoms with E-state index >= 15 is 0 Å². The first kappa shape index (κ1) is 22.7. The van der Waals surface area contributed by atoms with Gasteiger partial charge in [0.15, 0.2) is 11.6 Å². The molecule has 0 amide bonds. The van der Waals surface area contributed by atoms with Gasteiger partial charge < -0.3 is 10.0 Å². The molecule has 164 valence electrons. The molecule has 31 heavy (non-hydrogen) atoms. The summed E-state index contributed by atoms with van der Waals surface area (Å²) < 4.78 is 28.5. The number of aromatic nitrogens is 3. The molecule has 2 aromatic heterocycles. The van der Waals surface area contributed by atoms with Crippen molar-refractivity contribution in [2.45, 2.75) is 6.92 Å². The summed E-state index contributed by atoms with van der Waals surface area (Å²) in [4.78, 5) is 8.47. The van der Waals surface area contributed by atoms with Crippen LogP contribution in [0, 0.1) is 18.6 Å². The molecule has 0 unspecified atom stereocenters. The Kier molecular flexibility index (Phi) is 7.25. The Bertz CT molecular complexity index is 1040. The van der Waals surface area contributed by atoms with Gasteiger partial charge in [-0.2, -0.15) is 5.10 Å². The van der Waals surface area contributed by atoms with E-state index < -0.39 is 11.6 Å². The average molecular weight is 448 g/mol. The summed E-state index contributed by atoms with van der Waals surface area (Å²) in [6.07, 6.45) is 7.44. The standard InChI is InChI=1S/C22H23F2N5O.ClH/c1-16-17(15-26-29(16)22-21(30)5-2-6-25-22)4-3-7-27-8-10-28(11-9-27)20-13-18(23)12-19(24)14-20;/h2-6,12-15,30H,7-11H2,1H3;1H/b4-3+;. The molecule has 1 aromatic carbocycles. The highest BCUT2D eigenvalue weighted by molar-refractivity contribution is 5.85. The van der Waals surface area contributed by atoms with Crippen molar-refractivity contribution in [1.82, 2.24) is 19.7 Å². The van der Waals surface area contributed by atoms with E-state index in [2.05, 4.69) is 21.1 Å². The second-order valence-electron chi connectivity index (χ2n) is 7.26. The van der Waals surface area contributed by atoms with Crippen molar-refractivity contribution >= 4 is 24.2 Å². The topological polar surface area (TPSA) is 57.4 Å². The Hall–Kier alpha value is -2.97. The minimum atomic E-state index is -0.551. The Labute approximate surface area is 185 Å². The fourth-order valence-corrected chi connectivity index (χ4v) is 3.59. The van der Waals surface area contributed by atoms with E-state index in [0.29, 0.717) is 24.6 Å². The van der Waals surface area contributed by atoms with E-state index in [1.54, 1.807) is 29.2 Å². The molecule has 6 nitrogen and oxygen atoms in total. The zero-order chi connectivity index (χ0) is 21.1. The van der Waals surface area contributed by atoms with Crippen LogP contribution in [0.15, 0.2) is 48.8 Å². The van der Waals surface area contributed by atoms with Gasteiger partial charge in [0, 0.05) is 56.2 Å². The van der Waals surface area contributed by atoms with Gasteiger partial charge in [0.2, 0.25) is 0 Å². The van der Waals surface area contributed by atoms with Gasteiger partial charge in [0.25, 0.3) is 0 Å². The Morgan fingerprint density at radius 2 is 1.81 bits per heavy atom. The van der Waals surface area contributed by atoms with Gasteiger partial charge in [0.05, 0.1) is 11.9 Å². The van der Waals surface area contributed by atoms with Crippen LogP contribution in [0.3, 0.4) is 0 Å². The quantitative estimate of drug-likeness (QED) is 0.644. The van der Waals surface area contributed by atoms with Gasteiger partial charge in [-0.25, -0.2) is 18.4 Å². The molecule has 3 aromatic rings. The molecular weight excluding hydrogens is 424 g/mol. The minimum absolute atomic E-state index is 0. The van der Waals surface area contributed by atoms with Gasteiger partial charge in [0.1, 0.15) is 11.6 Å². The van der Waals surface area contributed by atoms with Crippen LogP contribution in [-0.4, -0.2) is 57.5 Å². The minimum Gasteiger partial charge on any atom is -0.504 e. The predicted molar refractivity (Wildman–Crippen MR) is 119 cm³/mol. The summed E-state index contributed by atoms with van der Waals surface area (Å²) >= 11 is 0. The molecular formula is C22H24ClF2N5O. The van der Waals surface area contributed by atoms with Crippen LogP contribution in [0.25, 0.3) is 11.9 Å². The number of piperazine rings is 1. The second kappa shape index (κ2) is 9.89. The lowest BCUT2D eigenvalue weighted by molar-refractivity contribution is 0.284. The molecule has 0 atom stereocenters. The highest BCUT2D eigenvalue weighted by atomic mass is 35.5. The zero-order valence-electron chi connectivity index (χ0n) is 17.1. The van der Waals surface area contributed by atoms with Crippen LogP contribution in [0.5, 0.6) is 5.75 Å². The highest BCUT2D eigenvalue weighted by Gasteiger charge is 2.17. The van der Waals surface area contributed by atoms with E-state index in [9.17, 15) is 13.9 Å². The SMILES string of the molecule is Cc1c(/C=C/CN2CCN(c3cc(F)cc(F)c3)CC2)cnn1-c1ncccc1O.Cl. The van der Waals surface area contributed by atoms with Gasteiger partial charge in [-0.05, 0) is 31.2 Å². The van der Waals surface area contributed by atoms with Crippen molar-refractivity contribution in [2.24, 2.45) is 0 Å². The molecule has 1 aliphatic heterocycles. The number of hydrogen-bond donors (Lipinski definition) is 1. The monoisotopic (exact) mass is 447 g/mol. The molecule has 0 radical (unpaired) electrons. The molecule has 1 N–H and O–H groups in total. The van der Waals surface area contributed by atoms with E-state index in [1.165, 1.54) is 12.1 Å². The van der Waals surface area contributed by atoms with E-state index in [0.717, 1.165) is 37.0 Å². The number of halogens is 3. The zero-order valence-corrected chi connectivity index (χ0v) is 17.9. The molecule has 1 aliphatic rings. The normalized spacial score (nSPS) is 14.7. The third-order valence-corrected chi connectivity index (χ3v) is 5.26. The van der Waals surface area contributed by atoms with Gasteiger partial charge in [-0.3, -0.25) is 4.90 Å². The summed E-state index contributed by atoms with van der Waals surface area (Å²) in [5.41, 5.74) is 2.43. The first-order valence-corrected chi connectivity index (χ1v) is 9.80. The number of aromatic hydroxyl groups is 1. The maximum atomic E-state index is 13.4. The van der Waals surface area contributed by atoms with Gasteiger partial charge >= 0.3 is 0 Å². The van der Waals surface area contributed by atoms with Crippen molar-refractivity contribution in [2.75, 3.05) is 37.6 Å². The van der Waals surface area contributed by atoms with Gasteiger partial charge in [-0.15, -0.1) is 12.4 Å². The fraction of sp³-hybridized carbons (Fsp3) is 0.273. The lowest BCUT2D eigenvalue weighted by Gasteiger charge is -2.35. The van der Waals surface area contributed by atoms with Crippen LogP contribution in [-0.2, 0) is 0 Å². The molecule has 3 heterocycles. The van der Waals surface area contributed by atoms with Crippen LogP contribution in [0.4, 0.5) is 14.5 Å². The smallest absolute Gasteiger partial charge is 0.196 e. The Morgan fingerprint density at radius 3 is 2.48 bits per heavy atom. The molecule has 0 bridgehead atoms. The van der Waals surface area contributed by atoms with Crippen molar-refractivity contribution in [3.8, 4) is 11.6 Å². The van der Waals surface area contributed by atoms with Crippen LogP contribution in [0.1, 0.15) is 11.3 Å². The number of rotatable bonds is 5. The number of benzene rings is 1. The first-order chi connectivity index (χ1) is 14.5. The number of pyridine rings is 1. The van der Waals surface area contributed by atoms with Crippen LogP contribution in [0.2, 0.25) is 0 Å². The maximum absolute atomic E-state index is 13.4. The lowest BCUT2D eigenvalue weighted by atomic mass is 10.2. The summed E-state index contributed by atoms with van der Waals surface area (Å²) in [6.45, 7) is 5.74. The Morgan fingerprint density at radius 1 is 1.10 bits per heavy atom. The summed E-state index contributed by atoms with van der Waals surface area (Å²) in [7, 11) is 0. The number of nitrogens with zero attached hydrogens (tertiary/aromatic N) is 5. The van der Waals surface area contributed by atoms with Crippen molar-refractivity contribution in [3.63, 3.8) is 0 Å². The highest BCUT2D eigenvalue weighted by Crippen LogP contribution is 2.22. The predicted octanol–water partition coefficient (Wildman–Crippen LogP) is 3.82. The van der Waals surface area contributed by atoms with E-state index in [1.807, 2.05) is 17.9 Å². The molecule has 4 rings (SSSR count). The van der Waals surface area contributed by atoms with Crippen molar-refractivity contribution < 1.29 is 13.9 Å². The third-order valence-electron chi connectivity index (χ3n) is 5.26. The summed E-state index contributed by atoms with van der Waals surface area (Å²) in [5, 5.41) is 14.3. The van der Waals surface area contributed by atoms with Crippen molar-refractivity contribution in [1.29, 1.82) is 0 Å². The number of anilines is 1. The molecule has 0 saturated carbocycles. The number of hydrogen-bond acceptors (Lipinski definition) is 5. The average Bonchev–Trinajstić information content (AvgIpc) is 3.08. The molecule has 0 aliphatic carbocycles. The van der Waals surface area contributed by atoms with Gasteiger partial charge in [-0.1, -0.05) is 12.2 Å². The largest absolute Gasteiger partial charge is 0.504 e. The lowest BCUT2D eigenvalue weighted by Crippen LogP contribution is -2.46. The first-order valence-electron chi connectivity index (χ1n) is 9.80. The Balaban J connectivity index is 0.00000272.